The lowest BCUT2D eigenvalue weighted by Gasteiger charge is -2.36. The van der Waals surface area contributed by atoms with Gasteiger partial charge < -0.3 is 9.80 Å². The smallest absolute Gasteiger partial charge is 0.0540 e. The van der Waals surface area contributed by atoms with Crippen LogP contribution in [0.2, 0.25) is 0 Å². The molecule has 10 rings (SSSR count). The maximum atomic E-state index is 4.07. The van der Waals surface area contributed by atoms with Crippen molar-refractivity contribution in [2.75, 3.05) is 9.80 Å². The number of fused-ring (bicyclic) bond motifs is 6. The first-order valence-corrected chi connectivity index (χ1v) is 35.9. The Hall–Kier alpha value is -7.42. The van der Waals surface area contributed by atoms with Gasteiger partial charge in [0.15, 0.2) is 0 Å². The summed E-state index contributed by atoms with van der Waals surface area (Å²) in [6.07, 6.45) is 43.9. The summed E-state index contributed by atoms with van der Waals surface area (Å²) in [6.45, 7) is 13.5. The molecule has 0 aromatic heterocycles. The van der Waals surface area contributed by atoms with Crippen LogP contribution in [-0.4, -0.2) is 0 Å². The first kappa shape index (κ1) is 65.5. The Labute approximate surface area is 545 Å². The third kappa shape index (κ3) is 15.3. The van der Waals surface area contributed by atoms with Crippen LogP contribution in [0, 0.1) is 0 Å². The second-order valence-electron chi connectivity index (χ2n) is 26.4. The Bertz CT molecular complexity index is 3500. The lowest BCUT2D eigenvalue weighted by Crippen LogP contribution is -2.27. The van der Waals surface area contributed by atoms with Crippen LogP contribution < -0.4 is 9.80 Å². The van der Waals surface area contributed by atoms with Crippen LogP contribution in [0.15, 0.2) is 225 Å². The third-order valence-electron chi connectivity index (χ3n) is 20.2. The average Bonchev–Trinajstić information content (AvgIpc) is 1.54. The largest absolute Gasteiger partial charge is 0.310 e. The molecule has 0 heterocycles. The summed E-state index contributed by atoms with van der Waals surface area (Å²) < 4.78 is 0. The van der Waals surface area contributed by atoms with Gasteiger partial charge in [0.2, 0.25) is 0 Å². The van der Waals surface area contributed by atoms with Gasteiger partial charge in [0, 0.05) is 39.1 Å². The van der Waals surface area contributed by atoms with Crippen molar-refractivity contribution in [1.29, 1.82) is 0 Å². The Morgan fingerprint density at radius 3 is 1.20 bits per heavy atom. The number of para-hydroxylation sites is 3. The molecule has 8 aromatic carbocycles. The van der Waals surface area contributed by atoms with Crippen LogP contribution in [0.5, 0.6) is 0 Å². The Balaban J connectivity index is 1.21. The highest BCUT2D eigenvalue weighted by atomic mass is 15.2. The summed E-state index contributed by atoms with van der Waals surface area (Å²) in [5.74, 6) is 0. The highest BCUT2D eigenvalue weighted by Gasteiger charge is 2.48. The fourth-order valence-electron chi connectivity index (χ4n) is 15.6. The van der Waals surface area contributed by atoms with Crippen molar-refractivity contribution >= 4 is 34.1 Å². The number of nitrogens with zero attached hydrogens (tertiary/aromatic N) is 2. The Kier molecular flexibility index (Phi) is 24.5. The zero-order valence-electron chi connectivity index (χ0n) is 55.7. The van der Waals surface area contributed by atoms with E-state index in [2.05, 4.69) is 256 Å². The van der Waals surface area contributed by atoms with Gasteiger partial charge in [-0.1, -0.05) is 334 Å². The summed E-state index contributed by atoms with van der Waals surface area (Å²) in [5.41, 5.74) is 22.7. The number of hydrogen-bond acceptors (Lipinski definition) is 2. The molecule has 8 aromatic rings. The van der Waals surface area contributed by atoms with Crippen molar-refractivity contribution in [1.82, 2.24) is 0 Å². The van der Waals surface area contributed by atoms with Gasteiger partial charge in [-0.25, -0.2) is 0 Å². The molecule has 468 valence electrons. The van der Waals surface area contributed by atoms with E-state index < -0.39 is 0 Å². The lowest BCUT2D eigenvalue weighted by atomic mass is 9.68. The SMILES string of the molecule is C=C/C=C\C=C(/c1ccccc1)N(c1ccccc1)c1ccc2c(c1)C(CCCCCCCC)(CCCCCCCC)c1cc3c(cc1-2)C(CCCCCCCC)(CCCCCCCC)c1cc(N(c2ccccc2)c2ccccc2-c2ccccc2)ccc1-3. The molecule has 2 aliphatic rings. The second-order valence-corrected chi connectivity index (χ2v) is 26.4. The van der Waals surface area contributed by atoms with Crippen molar-refractivity contribution in [2.24, 2.45) is 0 Å². The maximum absolute atomic E-state index is 4.07. The van der Waals surface area contributed by atoms with Gasteiger partial charge in [-0.3, -0.25) is 0 Å². The first-order valence-electron chi connectivity index (χ1n) is 35.9. The normalized spacial score (nSPS) is 13.5. The maximum Gasteiger partial charge on any atom is 0.0540 e. The molecule has 0 atom stereocenters. The molecule has 0 saturated heterocycles. The van der Waals surface area contributed by atoms with Gasteiger partial charge in [-0.15, -0.1) is 0 Å². The van der Waals surface area contributed by atoms with E-state index in [9.17, 15) is 0 Å². The van der Waals surface area contributed by atoms with E-state index in [4.69, 9.17) is 0 Å². The van der Waals surface area contributed by atoms with Crippen LogP contribution >= 0.6 is 0 Å². The second kappa shape index (κ2) is 33.6. The van der Waals surface area contributed by atoms with Crippen molar-refractivity contribution < 1.29 is 0 Å². The summed E-state index contributed by atoms with van der Waals surface area (Å²) in [5, 5.41) is 0. The Morgan fingerprint density at radius 2 is 0.722 bits per heavy atom. The van der Waals surface area contributed by atoms with Gasteiger partial charge >= 0.3 is 0 Å². The van der Waals surface area contributed by atoms with Crippen molar-refractivity contribution in [3.8, 4) is 33.4 Å². The number of rotatable bonds is 38. The number of allylic oxidation sites excluding steroid dienone is 4. The van der Waals surface area contributed by atoms with E-state index in [1.54, 1.807) is 22.3 Å². The average molecular weight is 1190 g/mol. The summed E-state index contributed by atoms with van der Waals surface area (Å²) in [7, 11) is 0. The fraction of sp³-hybridized carbons (Fsp3) is 0.386. The number of hydrogen-bond donors (Lipinski definition) is 0. The summed E-state index contributed by atoms with van der Waals surface area (Å²) in [6, 6.07) is 74.6. The molecule has 0 spiro atoms. The minimum Gasteiger partial charge on any atom is -0.310 e. The highest BCUT2D eigenvalue weighted by Crippen LogP contribution is 2.62. The van der Waals surface area contributed by atoms with Gasteiger partial charge in [0.1, 0.15) is 0 Å². The summed E-state index contributed by atoms with van der Waals surface area (Å²) in [4.78, 5) is 5.10. The summed E-state index contributed by atoms with van der Waals surface area (Å²) >= 11 is 0. The predicted molar refractivity (Wildman–Crippen MR) is 393 cm³/mol. The molecule has 0 bridgehead atoms. The molecule has 0 aliphatic heterocycles. The van der Waals surface area contributed by atoms with Crippen molar-refractivity contribution in [2.45, 2.75) is 218 Å². The van der Waals surface area contributed by atoms with Crippen molar-refractivity contribution in [3.05, 3.63) is 253 Å². The van der Waals surface area contributed by atoms with E-state index in [1.165, 1.54) is 216 Å². The van der Waals surface area contributed by atoms with Gasteiger partial charge in [-0.2, -0.15) is 0 Å². The van der Waals surface area contributed by atoms with Crippen LogP contribution in [0.3, 0.4) is 0 Å². The van der Waals surface area contributed by atoms with Crippen molar-refractivity contribution in [3.63, 3.8) is 0 Å². The van der Waals surface area contributed by atoms with E-state index in [0.29, 0.717) is 0 Å². The zero-order valence-corrected chi connectivity index (χ0v) is 55.7. The fourth-order valence-corrected chi connectivity index (χ4v) is 15.6. The predicted octanol–water partition coefficient (Wildman–Crippen LogP) is 27.3. The molecule has 0 N–H and O–H groups in total. The van der Waals surface area contributed by atoms with Gasteiger partial charge in [0.05, 0.1) is 11.4 Å². The lowest BCUT2D eigenvalue weighted by molar-refractivity contribution is 0.394. The van der Waals surface area contributed by atoms with Gasteiger partial charge in [0.25, 0.3) is 0 Å². The van der Waals surface area contributed by atoms with Crippen LogP contribution in [-0.2, 0) is 10.8 Å². The van der Waals surface area contributed by atoms with Crippen LogP contribution in [0.25, 0.3) is 39.1 Å². The standard InChI is InChI=1S/C88H106N2/c1-6-11-16-20-24-43-62-87(63-44-25-21-17-12-7-2)81-66-74(89(72-51-37-30-38-52-72)85(56-32-15-10-5)71-49-35-29-36-50-71)58-60-77(81)79-68-84-80(69-83(79)87)78-61-59-75(67-82(78)88(84,64-45-26-22-18-13-8-3)65-46-27-23-19-14-9-4)90(73-53-39-31-40-54-73)86-57-42-41-55-76(86)70-47-33-28-34-48-70/h10,15,28-42,47-61,66-69H,5-9,11-14,16-27,43-46,62-65H2,1-4H3/b32-15-,85-56+. The molecular weight excluding hydrogens is 1080 g/mol. The number of benzene rings is 8. The zero-order chi connectivity index (χ0) is 62.2. The molecule has 90 heavy (non-hydrogen) atoms. The van der Waals surface area contributed by atoms with Crippen LogP contribution in [0.4, 0.5) is 28.4 Å². The molecule has 0 amide bonds. The molecule has 2 heteroatoms. The molecule has 0 unspecified atom stereocenters. The van der Waals surface area contributed by atoms with E-state index >= 15 is 0 Å². The minimum absolute atomic E-state index is 0.144. The monoisotopic (exact) mass is 1190 g/mol. The first-order chi connectivity index (χ1) is 44.5. The third-order valence-corrected chi connectivity index (χ3v) is 20.2. The van der Waals surface area contributed by atoms with E-state index in [-0.39, 0.29) is 10.8 Å². The minimum atomic E-state index is -0.151. The number of unbranched alkanes of at least 4 members (excludes halogenated alkanes) is 20. The van der Waals surface area contributed by atoms with Gasteiger partial charge in [-0.05, 0) is 154 Å². The quantitative estimate of drug-likeness (QED) is 0.0281. The number of anilines is 5. The Morgan fingerprint density at radius 1 is 0.333 bits per heavy atom. The topological polar surface area (TPSA) is 6.48 Å². The van der Waals surface area contributed by atoms with E-state index in [0.717, 1.165) is 37.1 Å². The molecule has 0 fully saturated rings. The molecule has 0 radical (unpaired) electrons. The molecular formula is C88H106N2. The van der Waals surface area contributed by atoms with E-state index in [1.807, 2.05) is 6.08 Å². The molecule has 2 nitrogen and oxygen atoms in total. The molecule has 2 aliphatic carbocycles. The molecule has 0 saturated carbocycles. The van der Waals surface area contributed by atoms with Crippen LogP contribution in [0.1, 0.15) is 235 Å². The highest BCUT2D eigenvalue weighted by molar-refractivity contribution is 5.95.